The minimum absolute atomic E-state index is 0.0554. The summed E-state index contributed by atoms with van der Waals surface area (Å²) in [7, 11) is 0. The van der Waals surface area contributed by atoms with Gasteiger partial charge in [-0.25, -0.2) is 9.89 Å². The van der Waals surface area contributed by atoms with Gasteiger partial charge < -0.3 is 5.32 Å². The van der Waals surface area contributed by atoms with Gasteiger partial charge in [0.05, 0.1) is 0 Å². The third-order valence-electron chi connectivity index (χ3n) is 2.93. The van der Waals surface area contributed by atoms with Crippen molar-refractivity contribution in [1.29, 1.82) is 0 Å². The van der Waals surface area contributed by atoms with Crippen molar-refractivity contribution in [3.63, 3.8) is 0 Å². The van der Waals surface area contributed by atoms with Crippen LogP contribution in [0.4, 0.5) is 0 Å². The number of nitrogens with zero attached hydrogens (tertiary/aromatic N) is 2. The largest absolute Gasteiger partial charge is 0.344 e. The molecule has 0 atom stereocenters. The minimum atomic E-state index is -0.0554. The number of aromatic nitrogens is 3. The molecule has 0 aromatic carbocycles. The smallest absolute Gasteiger partial charge is 0.313 e. The molecule has 5 nitrogen and oxygen atoms in total. The van der Waals surface area contributed by atoms with Crippen LogP contribution in [0, 0.1) is 0 Å². The van der Waals surface area contributed by atoms with Crippen molar-refractivity contribution in [3.8, 4) is 0 Å². The fourth-order valence-electron chi connectivity index (χ4n) is 1.74. The van der Waals surface area contributed by atoms with E-state index in [1.54, 1.807) is 11.8 Å². The summed E-state index contributed by atoms with van der Waals surface area (Å²) in [6.45, 7) is 1.00. The van der Waals surface area contributed by atoms with Gasteiger partial charge in [-0.2, -0.15) is 0 Å². The van der Waals surface area contributed by atoms with Crippen molar-refractivity contribution in [2.45, 2.75) is 42.9 Å². The molecular weight excluding hydrogens is 224 g/mol. The summed E-state index contributed by atoms with van der Waals surface area (Å²) in [5, 5.41) is 10.9. The van der Waals surface area contributed by atoms with E-state index in [2.05, 4.69) is 15.5 Å². The Morgan fingerprint density at radius 2 is 2.25 bits per heavy atom. The molecule has 1 aromatic rings. The van der Waals surface area contributed by atoms with Gasteiger partial charge in [-0.15, -0.1) is 5.10 Å². The van der Waals surface area contributed by atoms with Crippen LogP contribution in [0.25, 0.3) is 0 Å². The van der Waals surface area contributed by atoms with Gasteiger partial charge in [0.1, 0.15) is 0 Å². The first-order valence-electron chi connectivity index (χ1n) is 5.87. The number of H-pyrrole nitrogens is 1. The maximum atomic E-state index is 11.5. The second-order valence-electron chi connectivity index (χ2n) is 4.49. The molecule has 0 saturated heterocycles. The third-order valence-corrected chi connectivity index (χ3v) is 3.88. The normalized spacial score (nSPS) is 20.2. The fraction of sp³-hybridized carbons (Fsp3) is 0.800. The zero-order valence-corrected chi connectivity index (χ0v) is 9.92. The van der Waals surface area contributed by atoms with Crippen LogP contribution in [-0.2, 0) is 0 Å². The van der Waals surface area contributed by atoms with Crippen LogP contribution >= 0.6 is 11.8 Å². The van der Waals surface area contributed by atoms with Crippen LogP contribution in [-0.4, -0.2) is 33.1 Å². The topological polar surface area (TPSA) is 62.7 Å². The van der Waals surface area contributed by atoms with Gasteiger partial charge in [0.25, 0.3) is 0 Å². The van der Waals surface area contributed by atoms with Crippen LogP contribution < -0.4 is 11.0 Å². The summed E-state index contributed by atoms with van der Waals surface area (Å²) >= 11 is 1.66. The van der Waals surface area contributed by atoms with Gasteiger partial charge in [-0.1, -0.05) is 11.8 Å². The summed E-state index contributed by atoms with van der Waals surface area (Å²) < 4.78 is 1.81. The molecule has 0 spiro atoms. The molecule has 0 unspecified atom stereocenters. The number of hydrogen-bond acceptors (Lipinski definition) is 4. The second kappa shape index (κ2) is 4.25. The van der Waals surface area contributed by atoms with E-state index in [9.17, 15) is 4.79 Å². The quantitative estimate of drug-likeness (QED) is 0.569. The Bertz CT molecular complexity index is 419. The molecule has 3 rings (SSSR count). The lowest BCUT2D eigenvalue weighted by molar-refractivity contribution is 0.641. The number of thioether (sulfide) groups is 1. The maximum Gasteiger partial charge on any atom is 0.344 e. The van der Waals surface area contributed by atoms with E-state index in [0.29, 0.717) is 6.04 Å². The van der Waals surface area contributed by atoms with Gasteiger partial charge in [-0.3, -0.25) is 4.57 Å². The van der Waals surface area contributed by atoms with Crippen LogP contribution in [0.2, 0.25) is 0 Å². The Hall–Kier alpha value is -0.750. The van der Waals surface area contributed by atoms with E-state index in [1.807, 2.05) is 4.57 Å². The average Bonchev–Trinajstić information content (AvgIpc) is 3.16. The number of hydrogen-bond donors (Lipinski definition) is 2. The molecule has 2 saturated carbocycles. The van der Waals surface area contributed by atoms with Crippen LogP contribution in [0.1, 0.15) is 31.7 Å². The van der Waals surface area contributed by atoms with Crippen molar-refractivity contribution >= 4 is 11.8 Å². The number of aromatic amines is 1. The van der Waals surface area contributed by atoms with Crippen LogP contribution in [0.5, 0.6) is 0 Å². The molecule has 2 N–H and O–H groups in total. The van der Waals surface area contributed by atoms with Crippen LogP contribution in [0.3, 0.4) is 0 Å². The lowest BCUT2D eigenvalue weighted by Crippen LogP contribution is -2.20. The third kappa shape index (κ3) is 2.32. The lowest BCUT2D eigenvalue weighted by atomic mass is 10.6. The molecule has 6 heteroatoms. The van der Waals surface area contributed by atoms with E-state index in [1.165, 1.54) is 12.8 Å². The highest BCUT2D eigenvalue weighted by atomic mass is 32.2. The predicted molar refractivity (Wildman–Crippen MR) is 62.9 cm³/mol. The van der Waals surface area contributed by atoms with Gasteiger partial charge >= 0.3 is 5.69 Å². The highest BCUT2D eigenvalue weighted by Gasteiger charge is 2.28. The first-order valence-corrected chi connectivity index (χ1v) is 6.86. The molecule has 88 valence electrons. The van der Waals surface area contributed by atoms with Crippen molar-refractivity contribution in [2.75, 3.05) is 12.3 Å². The molecular formula is C10H16N4OS. The molecule has 1 aromatic heterocycles. The van der Waals surface area contributed by atoms with Crippen molar-refractivity contribution < 1.29 is 0 Å². The summed E-state index contributed by atoms with van der Waals surface area (Å²) in [6.07, 6.45) is 4.88. The predicted octanol–water partition coefficient (Wildman–Crippen LogP) is 0.750. The molecule has 16 heavy (non-hydrogen) atoms. The molecule has 0 radical (unpaired) electrons. The van der Waals surface area contributed by atoms with Gasteiger partial charge in [0, 0.05) is 24.4 Å². The van der Waals surface area contributed by atoms with Gasteiger partial charge in [0.15, 0.2) is 5.16 Å². The van der Waals surface area contributed by atoms with E-state index in [-0.39, 0.29) is 5.69 Å². The first kappa shape index (κ1) is 10.4. The van der Waals surface area contributed by atoms with Crippen molar-refractivity contribution in [1.82, 2.24) is 20.1 Å². The zero-order valence-electron chi connectivity index (χ0n) is 9.11. The average molecular weight is 240 g/mol. The van der Waals surface area contributed by atoms with E-state index in [0.717, 1.165) is 36.3 Å². The fourth-order valence-corrected chi connectivity index (χ4v) is 2.62. The Balaban J connectivity index is 1.54. The van der Waals surface area contributed by atoms with E-state index in [4.69, 9.17) is 0 Å². The molecule has 0 bridgehead atoms. The molecule has 0 aliphatic heterocycles. The molecule has 0 amide bonds. The molecule has 2 fully saturated rings. The maximum absolute atomic E-state index is 11.5. The number of rotatable bonds is 6. The first-order chi connectivity index (χ1) is 7.84. The highest BCUT2D eigenvalue weighted by Crippen LogP contribution is 2.35. The minimum Gasteiger partial charge on any atom is -0.313 e. The highest BCUT2D eigenvalue weighted by molar-refractivity contribution is 7.99. The lowest BCUT2D eigenvalue weighted by Gasteiger charge is -2.03. The Labute approximate surface area is 98.0 Å². The van der Waals surface area contributed by atoms with Crippen molar-refractivity contribution in [2.24, 2.45) is 0 Å². The molecule has 1 heterocycles. The van der Waals surface area contributed by atoms with Gasteiger partial charge in [-0.05, 0) is 25.7 Å². The summed E-state index contributed by atoms with van der Waals surface area (Å²) in [5.41, 5.74) is -0.0554. The number of nitrogens with one attached hydrogen (secondary N) is 2. The van der Waals surface area contributed by atoms with Crippen LogP contribution in [0.15, 0.2) is 9.95 Å². The van der Waals surface area contributed by atoms with E-state index >= 15 is 0 Å². The van der Waals surface area contributed by atoms with E-state index < -0.39 is 0 Å². The summed E-state index contributed by atoms with van der Waals surface area (Å²) in [4.78, 5) is 11.5. The zero-order chi connectivity index (χ0) is 11.0. The Kier molecular flexibility index (Phi) is 2.77. The monoisotopic (exact) mass is 240 g/mol. The molecule has 2 aliphatic rings. The van der Waals surface area contributed by atoms with Crippen molar-refractivity contribution in [3.05, 3.63) is 10.5 Å². The Morgan fingerprint density at radius 1 is 1.44 bits per heavy atom. The summed E-state index contributed by atoms with van der Waals surface area (Å²) in [5.74, 6) is 0.980. The SMILES string of the molecule is O=c1[nH]nc(SCCNC2CC2)n1C1CC1. The second-order valence-corrected chi connectivity index (χ2v) is 5.55. The standard InChI is InChI=1S/C10H16N4OS/c15-9-12-13-10(14(9)8-3-4-8)16-6-5-11-7-1-2-7/h7-8,11H,1-6H2,(H,12,15). The molecule has 2 aliphatic carbocycles. The Morgan fingerprint density at radius 3 is 2.94 bits per heavy atom. The summed E-state index contributed by atoms with van der Waals surface area (Å²) in [6, 6.07) is 1.16. The van der Waals surface area contributed by atoms with Gasteiger partial charge in [0.2, 0.25) is 0 Å².